The molecular weight excluding hydrogens is 206 g/mol. The lowest BCUT2D eigenvalue weighted by Crippen LogP contribution is -2.23. The summed E-state index contributed by atoms with van der Waals surface area (Å²) >= 11 is 0. The van der Waals surface area contributed by atoms with E-state index < -0.39 is 0 Å². The molecule has 0 bridgehead atoms. The van der Waals surface area contributed by atoms with Gasteiger partial charge in [0, 0.05) is 13.1 Å². The number of hydrogen-bond donors (Lipinski definition) is 1. The topological polar surface area (TPSA) is 12.0 Å². The molecule has 1 nitrogen and oxygen atoms in total. The summed E-state index contributed by atoms with van der Waals surface area (Å²) in [4.78, 5) is 0. The fraction of sp³-hybridized carbons (Fsp3) is 0.625. The predicted octanol–water partition coefficient (Wildman–Crippen LogP) is 3.97. The van der Waals surface area contributed by atoms with Crippen molar-refractivity contribution < 1.29 is 0 Å². The van der Waals surface area contributed by atoms with Crippen molar-refractivity contribution in [1.82, 2.24) is 5.32 Å². The van der Waals surface area contributed by atoms with Crippen molar-refractivity contribution in [1.29, 1.82) is 0 Å². The summed E-state index contributed by atoms with van der Waals surface area (Å²) in [5.74, 6) is 0. The van der Waals surface area contributed by atoms with Crippen LogP contribution in [0.25, 0.3) is 0 Å². The zero-order valence-electron chi connectivity index (χ0n) is 11.5. The van der Waals surface area contributed by atoms with E-state index in [4.69, 9.17) is 0 Å². The lowest BCUT2D eigenvalue weighted by molar-refractivity contribution is 0.421. The fourth-order valence-corrected chi connectivity index (χ4v) is 2.87. The van der Waals surface area contributed by atoms with Gasteiger partial charge in [-0.3, -0.25) is 0 Å². The molecule has 0 aliphatic heterocycles. The molecule has 1 saturated carbocycles. The highest BCUT2D eigenvalue weighted by Crippen LogP contribution is 2.48. The van der Waals surface area contributed by atoms with Gasteiger partial charge in [0.2, 0.25) is 0 Å². The van der Waals surface area contributed by atoms with Gasteiger partial charge >= 0.3 is 0 Å². The largest absolute Gasteiger partial charge is 0.312 e. The second kappa shape index (κ2) is 5.22. The molecular formula is C16H25N. The molecule has 1 heteroatoms. The third-order valence-corrected chi connectivity index (χ3v) is 3.85. The van der Waals surface area contributed by atoms with E-state index in [1.54, 1.807) is 0 Å². The molecule has 1 aromatic carbocycles. The van der Waals surface area contributed by atoms with E-state index in [1.165, 1.54) is 48.9 Å². The highest BCUT2D eigenvalue weighted by atomic mass is 14.9. The van der Waals surface area contributed by atoms with Gasteiger partial charge in [0.15, 0.2) is 0 Å². The highest BCUT2D eigenvalue weighted by molar-refractivity contribution is 5.28. The minimum absolute atomic E-state index is 0.660. The minimum Gasteiger partial charge on any atom is -0.312 e. The van der Waals surface area contributed by atoms with Gasteiger partial charge in [0.25, 0.3) is 0 Å². The number of benzene rings is 1. The fourth-order valence-electron chi connectivity index (χ4n) is 2.87. The number of hydrogen-bond acceptors (Lipinski definition) is 1. The van der Waals surface area contributed by atoms with Crippen molar-refractivity contribution in [3.05, 3.63) is 34.9 Å². The van der Waals surface area contributed by atoms with Crippen LogP contribution in [-0.4, -0.2) is 6.54 Å². The van der Waals surface area contributed by atoms with Crippen molar-refractivity contribution >= 4 is 0 Å². The Labute approximate surface area is 106 Å². The summed E-state index contributed by atoms with van der Waals surface area (Å²) in [7, 11) is 0. The van der Waals surface area contributed by atoms with Crippen molar-refractivity contribution in [2.45, 2.75) is 53.0 Å². The van der Waals surface area contributed by atoms with Gasteiger partial charge in [-0.15, -0.1) is 0 Å². The monoisotopic (exact) mass is 231 g/mol. The van der Waals surface area contributed by atoms with Gasteiger partial charge in [-0.05, 0) is 44.1 Å². The van der Waals surface area contributed by atoms with Crippen LogP contribution in [0.5, 0.6) is 0 Å². The van der Waals surface area contributed by atoms with Crippen LogP contribution in [-0.2, 0) is 6.54 Å². The summed E-state index contributed by atoms with van der Waals surface area (Å²) in [6.07, 6.45) is 5.58. The Morgan fingerprint density at radius 3 is 2.29 bits per heavy atom. The van der Waals surface area contributed by atoms with Gasteiger partial charge in [0.05, 0.1) is 0 Å². The molecule has 0 aromatic heterocycles. The lowest BCUT2D eigenvalue weighted by Gasteiger charge is -2.15. The van der Waals surface area contributed by atoms with Crippen molar-refractivity contribution in [2.75, 3.05) is 6.54 Å². The predicted molar refractivity (Wildman–Crippen MR) is 74.2 cm³/mol. The Balaban J connectivity index is 1.82. The SMILES string of the molecule is CCCC1(CNCc2cc(C)cc(C)c2)CC1. The summed E-state index contributed by atoms with van der Waals surface area (Å²) in [5.41, 5.74) is 4.83. The van der Waals surface area contributed by atoms with E-state index in [2.05, 4.69) is 44.3 Å². The molecule has 94 valence electrons. The Hall–Kier alpha value is -0.820. The second-order valence-electron chi connectivity index (χ2n) is 5.85. The average molecular weight is 231 g/mol. The standard InChI is InChI=1S/C16H25N/c1-4-5-16(6-7-16)12-17-11-15-9-13(2)8-14(3)10-15/h8-10,17H,4-7,11-12H2,1-3H3. The Morgan fingerprint density at radius 2 is 1.76 bits per heavy atom. The molecule has 1 fully saturated rings. The van der Waals surface area contributed by atoms with Gasteiger partial charge in [0.1, 0.15) is 0 Å². The van der Waals surface area contributed by atoms with Gasteiger partial charge in [-0.1, -0.05) is 42.7 Å². The molecule has 0 radical (unpaired) electrons. The smallest absolute Gasteiger partial charge is 0.0205 e. The maximum absolute atomic E-state index is 3.64. The van der Waals surface area contributed by atoms with E-state index in [-0.39, 0.29) is 0 Å². The molecule has 1 N–H and O–H groups in total. The van der Waals surface area contributed by atoms with Crippen molar-refractivity contribution in [3.8, 4) is 0 Å². The summed E-state index contributed by atoms with van der Waals surface area (Å²) < 4.78 is 0. The molecule has 1 aliphatic carbocycles. The number of aryl methyl sites for hydroxylation is 2. The molecule has 2 rings (SSSR count). The molecule has 0 atom stereocenters. The van der Waals surface area contributed by atoms with Crippen LogP contribution in [0.2, 0.25) is 0 Å². The third kappa shape index (κ3) is 3.57. The van der Waals surface area contributed by atoms with Crippen LogP contribution < -0.4 is 5.32 Å². The Kier molecular flexibility index (Phi) is 3.88. The van der Waals surface area contributed by atoms with E-state index in [1.807, 2.05) is 0 Å². The Bertz CT molecular complexity index is 357. The molecule has 0 unspecified atom stereocenters. The maximum atomic E-state index is 3.64. The maximum Gasteiger partial charge on any atom is 0.0205 e. The lowest BCUT2D eigenvalue weighted by atomic mass is 10.0. The van der Waals surface area contributed by atoms with Crippen LogP contribution in [0.1, 0.15) is 49.3 Å². The first-order valence-corrected chi connectivity index (χ1v) is 6.91. The van der Waals surface area contributed by atoms with Crippen LogP contribution in [0.3, 0.4) is 0 Å². The number of rotatable bonds is 6. The first kappa shape index (κ1) is 12.6. The molecule has 0 saturated heterocycles. The van der Waals surface area contributed by atoms with Crippen LogP contribution in [0.15, 0.2) is 18.2 Å². The van der Waals surface area contributed by atoms with Crippen molar-refractivity contribution in [3.63, 3.8) is 0 Å². The first-order valence-electron chi connectivity index (χ1n) is 6.91. The van der Waals surface area contributed by atoms with Gasteiger partial charge in [-0.25, -0.2) is 0 Å². The summed E-state index contributed by atoms with van der Waals surface area (Å²) in [6.45, 7) is 8.87. The van der Waals surface area contributed by atoms with Crippen molar-refractivity contribution in [2.24, 2.45) is 5.41 Å². The van der Waals surface area contributed by atoms with E-state index in [0.717, 1.165) is 6.54 Å². The third-order valence-electron chi connectivity index (χ3n) is 3.85. The van der Waals surface area contributed by atoms with Crippen LogP contribution in [0, 0.1) is 19.3 Å². The second-order valence-corrected chi connectivity index (χ2v) is 5.85. The summed E-state index contributed by atoms with van der Waals surface area (Å²) in [5, 5.41) is 3.64. The molecule has 17 heavy (non-hydrogen) atoms. The van der Waals surface area contributed by atoms with E-state index >= 15 is 0 Å². The zero-order valence-corrected chi connectivity index (χ0v) is 11.5. The summed E-state index contributed by atoms with van der Waals surface area (Å²) in [6, 6.07) is 6.82. The normalized spacial score (nSPS) is 17.1. The molecule has 0 heterocycles. The molecule has 1 aromatic rings. The van der Waals surface area contributed by atoms with E-state index in [0.29, 0.717) is 5.41 Å². The molecule has 0 amide bonds. The minimum atomic E-state index is 0.660. The number of nitrogens with one attached hydrogen (secondary N) is 1. The first-order chi connectivity index (χ1) is 8.13. The molecule has 1 aliphatic rings. The van der Waals surface area contributed by atoms with Gasteiger partial charge in [-0.2, -0.15) is 0 Å². The van der Waals surface area contributed by atoms with Crippen LogP contribution in [0.4, 0.5) is 0 Å². The van der Waals surface area contributed by atoms with E-state index in [9.17, 15) is 0 Å². The van der Waals surface area contributed by atoms with Gasteiger partial charge < -0.3 is 5.32 Å². The van der Waals surface area contributed by atoms with Crippen LogP contribution >= 0.6 is 0 Å². The quantitative estimate of drug-likeness (QED) is 0.781. The zero-order chi connectivity index (χ0) is 12.3. The Morgan fingerprint density at radius 1 is 1.12 bits per heavy atom. The molecule has 0 spiro atoms. The average Bonchev–Trinajstić information content (AvgIpc) is 2.97. The highest BCUT2D eigenvalue weighted by Gasteiger charge is 2.40.